The van der Waals surface area contributed by atoms with Gasteiger partial charge in [0.2, 0.25) is 0 Å². The van der Waals surface area contributed by atoms with Crippen LogP contribution in [0, 0.1) is 0 Å². The Bertz CT molecular complexity index is 4580. The van der Waals surface area contributed by atoms with Gasteiger partial charge >= 0.3 is 0 Å². The van der Waals surface area contributed by atoms with Crippen molar-refractivity contribution in [3.63, 3.8) is 0 Å². The van der Waals surface area contributed by atoms with Gasteiger partial charge in [-0.2, -0.15) is 0 Å². The molecule has 0 saturated heterocycles. The number of anilines is 6. The summed E-state index contributed by atoms with van der Waals surface area (Å²) in [5, 5.41) is 9.77. The van der Waals surface area contributed by atoms with E-state index in [9.17, 15) is 0 Å². The number of benzene rings is 13. The maximum atomic E-state index is 2.60. The van der Waals surface area contributed by atoms with Gasteiger partial charge in [0.25, 0.3) is 6.71 Å². The van der Waals surface area contributed by atoms with Crippen LogP contribution in [0.4, 0.5) is 34.1 Å². The molecule has 0 atom stereocenters. The van der Waals surface area contributed by atoms with Crippen LogP contribution in [-0.2, 0) is 0 Å². The van der Waals surface area contributed by atoms with E-state index in [1.165, 1.54) is 104 Å². The van der Waals surface area contributed by atoms with Gasteiger partial charge in [0.15, 0.2) is 0 Å². The van der Waals surface area contributed by atoms with Crippen molar-refractivity contribution in [2.45, 2.75) is 0 Å². The summed E-state index contributed by atoms with van der Waals surface area (Å²) in [6.07, 6.45) is 0. The van der Waals surface area contributed by atoms with Crippen LogP contribution < -0.4 is 26.2 Å². The predicted molar refractivity (Wildman–Crippen MR) is 335 cm³/mol. The van der Waals surface area contributed by atoms with Gasteiger partial charge in [0.1, 0.15) is 0 Å². The third-order valence-electron chi connectivity index (χ3n) is 17.0. The highest BCUT2D eigenvalue weighted by Crippen LogP contribution is 2.50. The highest BCUT2D eigenvalue weighted by molar-refractivity contribution is 7.00. The maximum Gasteiger partial charge on any atom is 0.252 e. The summed E-state index contributed by atoms with van der Waals surface area (Å²) < 4.78 is 4.93. The Hall–Kier alpha value is -10.4. The third-order valence-corrected chi connectivity index (χ3v) is 17.0. The lowest BCUT2D eigenvalue weighted by atomic mass is 9.33. The summed E-state index contributed by atoms with van der Waals surface area (Å²) in [4.78, 5) is 5.20. The average Bonchev–Trinajstić information content (AvgIpc) is 4.00. The molecule has 4 heterocycles. The molecule has 0 aliphatic carbocycles. The molecular weight excluding hydrogens is 956 g/mol. The first-order chi connectivity index (χ1) is 39.2. The van der Waals surface area contributed by atoms with Crippen LogP contribution in [0.5, 0.6) is 0 Å². The van der Waals surface area contributed by atoms with Crippen molar-refractivity contribution in [2.24, 2.45) is 0 Å². The first-order valence-corrected chi connectivity index (χ1v) is 27.4. The summed E-state index contributed by atoms with van der Waals surface area (Å²) in [6.45, 7) is -0.121. The monoisotopic (exact) mass is 1000 g/mol. The number of aromatic nitrogens is 2. The van der Waals surface area contributed by atoms with Crippen molar-refractivity contribution in [3.05, 3.63) is 285 Å². The van der Waals surface area contributed by atoms with Crippen molar-refractivity contribution in [1.82, 2.24) is 9.13 Å². The molecule has 0 N–H and O–H groups in total. The predicted octanol–water partition coefficient (Wildman–Crippen LogP) is 17.6. The van der Waals surface area contributed by atoms with E-state index < -0.39 is 0 Å². The minimum Gasteiger partial charge on any atom is -0.311 e. The summed E-state index contributed by atoms with van der Waals surface area (Å²) in [5.74, 6) is 0. The van der Waals surface area contributed by atoms with Gasteiger partial charge in [-0.1, -0.05) is 200 Å². The lowest BCUT2D eigenvalue weighted by Crippen LogP contribution is -2.61. The van der Waals surface area contributed by atoms with Crippen LogP contribution in [0.3, 0.4) is 0 Å². The molecule has 0 bridgehead atoms. The number of rotatable bonds is 6. The van der Waals surface area contributed by atoms with Gasteiger partial charge in [-0.3, -0.25) is 0 Å². The van der Waals surface area contributed by atoms with Crippen LogP contribution >= 0.6 is 0 Å². The Labute approximate surface area is 457 Å². The summed E-state index contributed by atoms with van der Waals surface area (Å²) >= 11 is 0. The van der Waals surface area contributed by atoms with Gasteiger partial charge in [-0.15, -0.1) is 0 Å². The standard InChI is InChI=1S/C74H47BN4/c1-3-20-48(21-4-1)60-42-50-24-7-9-26-52(50)44-70(60)78-68-36-19-37-69-74(68)75(62-40-38-54(46-72(62)78)76-64-32-15-11-28-56(64)57-29-12-16-33-65(57)76)63-41-39-55(77-66-34-17-13-30-58(66)59-31-14-18-35-67(59)77)47-73(63)79(69)71-45-53-27-10-8-25-51(53)43-61(71)49-22-5-2-6-23-49/h1-47H. The maximum absolute atomic E-state index is 2.60. The lowest BCUT2D eigenvalue weighted by Gasteiger charge is -2.45. The number of nitrogens with zero attached hydrogens (tertiary/aromatic N) is 4. The van der Waals surface area contributed by atoms with E-state index in [0.29, 0.717) is 0 Å². The van der Waals surface area contributed by atoms with Crippen molar-refractivity contribution < 1.29 is 0 Å². The minimum atomic E-state index is -0.121. The van der Waals surface area contributed by atoms with E-state index >= 15 is 0 Å². The SMILES string of the molecule is c1ccc(-c2cc3ccccc3cc2N2c3cc(-n4c5ccccc5c5ccccc54)ccc3B3c4ccc(-n5c6ccccc6c6ccccc65)cc4N(c4cc5ccccc5cc4-c4ccccc4)c4cccc2c43)cc1. The molecule has 2 aliphatic rings. The lowest BCUT2D eigenvalue weighted by molar-refractivity contribution is 1.17. The van der Waals surface area contributed by atoms with E-state index in [2.05, 4.69) is 304 Å². The highest BCUT2D eigenvalue weighted by Gasteiger charge is 2.44. The molecule has 2 aliphatic heterocycles. The second-order valence-electron chi connectivity index (χ2n) is 21.2. The second-order valence-corrected chi connectivity index (χ2v) is 21.2. The van der Waals surface area contributed by atoms with E-state index in [0.717, 1.165) is 45.5 Å². The molecule has 0 spiro atoms. The van der Waals surface area contributed by atoms with E-state index in [-0.39, 0.29) is 6.71 Å². The fourth-order valence-electron chi connectivity index (χ4n) is 13.6. The molecule has 79 heavy (non-hydrogen) atoms. The molecule has 0 unspecified atom stereocenters. The molecule has 4 nitrogen and oxygen atoms in total. The summed E-state index contributed by atoms with van der Waals surface area (Å²) in [5.41, 5.74) is 22.3. The Balaban J connectivity index is 0.999. The normalized spacial score (nSPS) is 12.7. The van der Waals surface area contributed by atoms with Crippen LogP contribution in [0.25, 0.3) is 98.8 Å². The molecule has 0 fully saturated rings. The minimum absolute atomic E-state index is 0.121. The Kier molecular flexibility index (Phi) is 9.48. The van der Waals surface area contributed by atoms with Crippen LogP contribution in [0.2, 0.25) is 0 Å². The second kappa shape index (κ2) is 17.1. The topological polar surface area (TPSA) is 16.3 Å². The van der Waals surface area contributed by atoms with Crippen LogP contribution in [0.1, 0.15) is 0 Å². The molecule has 0 saturated carbocycles. The number of hydrogen-bond donors (Lipinski definition) is 0. The Morgan fingerprint density at radius 2 is 0.582 bits per heavy atom. The summed E-state index contributed by atoms with van der Waals surface area (Å²) in [6, 6.07) is 106. The fourth-order valence-corrected chi connectivity index (χ4v) is 13.6. The molecule has 366 valence electrons. The van der Waals surface area contributed by atoms with Crippen molar-refractivity contribution in [3.8, 4) is 33.6 Å². The van der Waals surface area contributed by atoms with Gasteiger partial charge in [-0.05, 0) is 134 Å². The van der Waals surface area contributed by atoms with Gasteiger partial charge in [-0.25, -0.2) is 0 Å². The highest BCUT2D eigenvalue weighted by atomic mass is 15.2. The first-order valence-electron chi connectivity index (χ1n) is 27.4. The molecule has 2 aromatic heterocycles. The van der Waals surface area contributed by atoms with Crippen molar-refractivity contribution in [2.75, 3.05) is 9.80 Å². The number of para-hydroxylation sites is 4. The quantitative estimate of drug-likeness (QED) is 0.154. The smallest absolute Gasteiger partial charge is 0.252 e. The van der Waals surface area contributed by atoms with Gasteiger partial charge in [0.05, 0.1) is 33.4 Å². The molecule has 15 aromatic rings. The number of hydrogen-bond acceptors (Lipinski definition) is 2. The Morgan fingerprint density at radius 3 is 0.975 bits per heavy atom. The van der Waals surface area contributed by atoms with E-state index in [4.69, 9.17) is 0 Å². The van der Waals surface area contributed by atoms with Crippen molar-refractivity contribution >= 4 is 122 Å². The van der Waals surface area contributed by atoms with Gasteiger partial charge < -0.3 is 18.9 Å². The molecule has 0 radical (unpaired) electrons. The number of fused-ring (bicyclic) bond motifs is 12. The van der Waals surface area contributed by atoms with Crippen LogP contribution in [0.15, 0.2) is 285 Å². The first kappa shape index (κ1) is 43.8. The van der Waals surface area contributed by atoms with E-state index in [1.54, 1.807) is 0 Å². The van der Waals surface area contributed by atoms with E-state index in [1.807, 2.05) is 0 Å². The molecular formula is C74H47BN4. The molecule has 17 rings (SSSR count). The molecule has 5 heteroatoms. The van der Waals surface area contributed by atoms with Crippen molar-refractivity contribution in [1.29, 1.82) is 0 Å². The van der Waals surface area contributed by atoms with Gasteiger partial charge in [0, 0.05) is 66.8 Å². The Morgan fingerprint density at radius 1 is 0.241 bits per heavy atom. The third kappa shape index (κ3) is 6.51. The molecule has 0 amide bonds. The summed E-state index contributed by atoms with van der Waals surface area (Å²) in [7, 11) is 0. The zero-order chi connectivity index (χ0) is 51.7. The largest absolute Gasteiger partial charge is 0.311 e. The average molecular weight is 1000 g/mol. The van der Waals surface area contributed by atoms with Crippen LogP contribution in [-0.4, -0.2) is 15.8 Å². The molecule has 13 aromatic carbocycles. The fraction of sp³-hybridized carbons (Fsp3) is 0. The zero-order valence-electron chi connectivity index (χ0n) is 43.0. The zero-order valence-corrected chi connectivity index (χ0v) is 43.0.